The van der Waals surface area contributed by atoms with Crippen molar-refractivity contribution in [2.45, 2.75) is 6.42 Å². The van der Waals surface area contributed by atoms with E-state index in [2.05, 4.69) is 26.1 Å². The van der Waals surface area contributed by atoms with Crippen LogP contribution in [0.15, 0.2) is 22.8 Å². The number of carbonyl (C=O) groups excluding carboxylic acids is 1. The zero-order chi connectivity index (χ0) is 9.26. The number of fused-ring (bicyclic) bond motifs is 1. The summed E-state index contributed by atoms with van der Waals surface area (Å²) in [6.45, 7) is 0. The molecule has 0 spiro atoms. The fourth-order valence-corrected chi connectivity index (χ4v) is 1.66. The van der Waals surface area contributed by atoms with Gasteiger partial charge in [-0.3, -0.25) is 5.10 Å². The highest BCUT2D eigenvalue weighted by molar-refractivity contribution is 9.10. The molecule has 13 heavy (non-hydrogen) atoms. The van der Waals surface area contributed by atoms with E-state index in [0.29, 0.717) is 6.42 Å². The third kappa shape index (κ3) is 1.49. The zero-order valence-corrected chi connectivity index (χ0v) is 8.34. The Morgan fingerprint density at radius 2 is 2.38 bits per heavy atom. The molecule has 2 rings (SSSR count). The van der Waals surface area contributed by atoms with E-state index >= 15 is 0 Å². The van der Waals surface area contributed by atoms with Gasteiger partial charge in [-0.25, -0.2) is 0 Å². The summed E-state index contributed by atoms with van der Waals surface area (Å²) in [7, 11) is 0. The molecule has 1 aromatic heterocycles. The second-order valence-electron chi connectivity index (χ2n) is 2.76. The first kappa shape index (κ1) is 8.44. The molecule has 0 aliphatic rings. The molecular formula is C9H7BrN2O. The van der Waals surface area contributed by atoms with Crippen molar-refractivity contribution >= 4 is 33.1 Å². The number of nitrogens with one attached hydrogen (secondary N) is 1. The fraction of sp³-hybridized carbons (Fsp3) is 0.111. The lowest BCUT2D eigenvalue weighted by Crippen LogP contribution is -1.84. The number of rotatable bonds is 2. The molecule has 0 unspecified atom stereocenters. The van der Waals surface area contributed by atoms with E-state index in [0.717, 1.165) is 27.4 Å². The van der Waals surface area contributed by atoms with Gasteiger partial charge in [0.1, 0.15) is 10.9 Å². The van der Waals surface area contributed by atoms with Crippen LogP contribution in [0.5, 0.6) is 0 Å². The van der Waals surface area contributed by atoms with E-state index in [1.54, 1.807) is 0 Å². The Bertz CT molecular complexity index is 450. The lowest BCUT2D eigenvalue weighted by Gasteiger charge is -1.94. The highest BCUT2D eigenvalue weighted by atomic mass is 79.9. The van der Waals surface area contributed by atoms with Crippen LogP contribution in [0.2, 0.25) is 0 Å². The van der Waals surface area contributed by atoms with E-state index in [1.807, 2.05) is 18.2 Å². The van der Waals surface area contributed by atoms with Crippen molar-refractivity contribution in [3.05, 3.63) is 28.4 Å². The maximum atomic E-state index is 10.3. The minimum absolute atomic E-state index is 0.452. The Balaban J connectivity index is 2.58. The third-order valence-corrected chi connectivity index (χ3v) is 2.50. The summed E-state index contributed by atoms with van der Waals surface area (Å²) in [6.07, 6.45) is 1.35. The predicted molar refractivity (Wildman–Crippen MR) is 53.6 cm³/mol. The van der Waals surface area contributed by atoms with Crippen molar-refractivity contribution in [1.82, 2.24) is 10.2 Å². The van der Waals surface area contributed by atoms with Gasteiger partial charge < -0.3 is 4.79 Å². The average Bonchev–Trinajstić information content (AvgIpc) is 2.49. The van der Waals surface area contributed by atoms with E-state index < -0.39 is 0 Å². The molecule has 66 valence electrons. The summed E-state index contributed by atoms with van der Waals surface area (Å²) in [5.74, 6) is 0. The molecule has 3 nitrogen and oxygen atoms in total. The van der Waals surface area contributed by atoms with Gasteiger partial charge in [0.25, 0.3) is 0 Å². The van der Waals surface area contributed by atoms with Crippen LogP contribution in [0.1, 0.15) is 5.56 Å². The highest BCUT2D eigenvalue weighted by Crippen LogP contribution is 2.21. The molecule has 0 fully saturated rings. The summed E-state index contributed by atoms with van der Waals surface area (Å²) in [5.41, 5.74) is 1.91. The molecule has 0 bridgehead atoms. The molecule has 0 amide bonds. The third-order valence-electron chi connectivity index (χ3n) is 1.89. The summed E-state index contributed by atoms with van der Waals surface area (Å²) in [5, 5.41) is 7.90. The van der Waals surface area contributed by atoms with Gasteiger partial charge in [0, 0.05) is 11.8 Å². The van der Waals surface area contributed by atoms with Gasteiger partial charge in [-0.2, -0.15) is 5.10 Å². The van der Waals surface area contributed by atoms with Crippen molar-refractivity contribution < 1.29 is 4.79 Å². The van der Waals surface area contributed by atoms with Gasteiger partial charge in [-0.1, -0.05) is 6.07 Å². The van der Waals surface area contributed by atoms with Crippen LogP contribution in [0.4, 0.5) is 0 Å². The summed E-state index contributed by atoms with van der Waals surface area (Å²) in [6, 6.07) is 5.76. The molecule has 1 aromatic carbocycles. The molecule has 0 radical (unpaired) electrons. The Morgan fingerprint density at radius 1 is 1.54 bits per heavy atom. The zero-order valence-electron chi connectivity index (χ0n) is 6.75. The molecular weight excluding hydrogens is 232 g/mol. The van der Waals surface area contributed by atoms with Crippen molar-refractivity contribution in [3.63, 3.8) is 0 Å². The molecule has 0 aliphatic heterocycles. The van der Waals surface area contributed by atoms with Gasteiger partial charge in [0.15, 0.2) is 0 Å². The topological polar surface area (TPSA) is 45.8 Å². The number of hydrogen-bond donors (Lipinski definition) is 1. The monoisotopic (exact) mass is 238 g/mol. The number of aromatic amines is 1. The Hall–Kier alpha value is -1.16. The van der Waals surface area contributed by atoms with Gasteiger partial charge in [0.05, 0.1) is 5.52 Å². The molecule has 0 saturated heterocycles. The molecule has 1 heterocycles. The molecule has 2 aromatic rings. The minimum Gasteiger partial charge on any atom is -0.303 e. The summed E-state index contributed by atoms with van der Waals surface area (Å²) < 4.78 is 0.857. The van der Waals surface area contributed by atoms with Crippen molar-refractivity contribution in [1.29, 1.82) is 0 Å². The lowest BCUT2D eigenvalue weighted by atomic mass is 10.1. The second kappa shape index (κ2) is 3.30. The minimum atomic E-state index is 0.452. The number of H-pyrrole nitrogens is 1. The number of nitrogens with zero attached hydrogens (tertiary/aromatic N) is 1. The van der Waals surface area contributed by atoms with Crippen molar-refractivity contribution in [2.24, 2.45) is 0 Å². The molecule has 1 N–H and O–H groups in total. The van der Waals surface area contributed by atoms with Gasteiger partial charge in [-0.05, 0) is 33.6 Å². The smallest absolute Gasteiger partial charge is 0.124 e. The number of aldehydes is 1. The quantitative estimate of drug-likeness (QED) is 0.815. The Labute approximate surface area is 83.3 Å². The average molecular weight is 239 g/mol. The number of aromatic nitrogens is 2. The highest BCUT2D eigenvalue weighted by Gasteiger charge is 2.02. The van der Waals surface area contributed by atoms with E-state index in [1.165, 1.54) is 0 Å². The summed E-state index contributed by atoms with van der Waals surface area (Å²) in [4.78, 5) is 10.3. The SMILES string of the molecule is O=CCc1ccc2n[nH]c(Br)c2c1. The number of carbonyl (C=O) groups is 1. The second-order valence-corrected chi connectivity index (χ2v) is 3.55. The van der Waals surface area contributed by atoms with Gasteiger partial charge in [0.2, 0.25) is 0 Å². The van der Waals surface area contributed by atoms with Crippen molar-refractivity contribution in [3.8, 4) is 0 Å². The molecule has 0 aliphatic carbocycles. The van der Waals surface area contributed by atoms with Crippen LogP contribution in [0.3, 0.4) is 0 Å². The molecule has 0 saturated carbocycles. The lowest BCUT2D eigenvalue weighted by molar-refractivity contribution is -0.107. The Kier molecular flexibility index (Phi) is 2.14. The van der Waals surface area contributed by atoms with E-state index in [9.17, 15) is 4.79 Å². The normalized spacial score (nSPS) is 10.5. The summed E-state index contributed by atoms with van der Waals surface area (Å²) >= 11 is 3.35. The standard InChI is InChI=1S/C9H7BrN2O/c10-9-7-5-6(3-4-13)1-2-8(7)11-12-9/h1-2,4-5H,3H2,(H,11,12). The molecule has 4 heteroatoms. The first-order valence-corrected chi connectivity index (χ1v) is 4.66. The van der Waals surface area contributed by atoms with E-state index in [4.69, 9.17) is 0 Å². The largest absolute Gasteiger partial charge is 0.303 e. The van der Waals surface area contributed by atoms with Gasteiger partial charge in [-0.15, -0.1) is 0 Å². The number of halogens is 1. The maximum absolute atomic E-state index is 10.3. The van der Waals surface area contributed by atoms with Crippen LogP contribution < -0.4 is 0 Å². The first-order valence-electron chi connectivity index (χ1n) is 3.87. The number of benzene rings is 1. The van der Waals surface area contributed by atoms with Crippen LogP contribution in [-0.2, 0) is 11.2 Å². The van der Waals surface area contributed by atoms with Crippen LogP contribution in [-0.4, -0.2) is 16.5 Å². The van der Waals surface area contributed by atoms with Crippen LogP contribution >= 0.6 is 15.9 Å². The number of hydrogen-bond acceptors (Lipinski definition) is 2. The fourth-order valence-electron chi connectivity index (χ4n) is 1.25. The molecule has 0 atom stereocenters. The van der Waals surface area contributed by atoms with Crippen LogP contribution in [0.25, 0.3) is 10.9 Å². The Morgan fingerprint density at radius 3 is 3.15 bits per heavy atom. The first-order chi connectivity index (χ1) is 6.31. The van der Waals surface area contributed by atoms with Gasteiger partial charge >= 0.3 is 0 Å². The maximum Gasteiger partial charge on any atom is 0.124 e. The van der Waals surface area contributed by atoms with Crippen LogP contribution in [0, 0.1) is 0 Å². The van der Waals surface area contributed by atoms with Crippen molar-refractivity contribution in [2.75, 3.05) is 0 Å². The van der Waals surface area contributed by atoms with E-state index in [-0.39, 0.29) is 0 Å². The predicted octanol–water partition coefficient (Wildman–Crippen LogP) is 2.07.